The molecule has 0 aliphatic heterocycles. The summed E-state index contributed by atoms with van der Waals surface area (Å²) in [6.45, 7) is 0.462. The van der Waals surface area contributed by atoms with Crippen LogP contribution in [0.5, 0.6) is 5.75 Å². The summed E-state index contributed by atoms with van der Waals surface area (Å²) in [5.41, 5.74) is 0. The summed E-state index contributed by atoms with van der Waals surface area (Å²) < 4.78 is 12.9. The summed E-state index contributed by atoms with van der Waals surface area (Å²) in [7, 11) is 0. The minimum Gasteiger partial charge on any atom is -0.482 e. The Kier molecular flexibility index (Phi) is 2.86. The summed E-state index contributed by atoms with van der Waals surface area (Å²) in [6, 6.07) is 4.33. The van der Waals surface area contributed by atoms with Crippen molar-refractivity contribution < 1.29 is 9.15 Å². The van der Waals surface area contributed by atoms with E-state index in [1.165, 1.54) is 25.7 Å². The highest BCUT2D eigenvalue weighted by Gasteiger charge is 2.17. The molecule has 1 fully saturated rings. The van der Waals surface area contributed by atoms with Crippen LogP contribution in [0.3, 0.4) is 0 Å². The fourth-order valence-electron chi connectivity index (χ4n) is 2.31. The second-order valence-electron chi connectivity index (χ2n) is 4.46. The first kappa shape index (κ1) is 10.4. The van der Waals surface area contributed by atoms with Crippen LogP contribution in [-0.4, -0.2) is 9.78 Å². The highest BCUT2D eigenvalue weighted by atomic mass is 16.5. The molecule has 90 valence electrons. The van der Waals surface area contributed by atoms with E-state index in [1.807, 2.05) is 23.0 Å². The van der Waals surface area contributed by atoms with Gasteiger partial charge in [0.15, 0.2) is 5.75 Å². The smallest absolute Gasteiger partial charge is 0.157 e. The predicted octanol–water partition coefficient (Wildman–Crippen LogP) is 3.17. The maximum Gasteiger partial charge on any atom is 0.157 e. The van der Waals surface area contributed by atoms with Gasteiger partial charge in [0.2, 0.25) is 0 Å². The molecule has 4 nitrogen and oxygen atoms in total. The highest BCUT2D eigenvalue weighted by Crippen LogP contribution is 2.29. The van der Waals surface area contributed by atoms with Gasteiger partial charge in [-0.05, 0) is 25.0 Å². The van der Waals surface area contributed by atoms with Gasteiger partial charge in [0.05, 0.1) is 24.7 Å². The zero-order valence-corrected chi connectivity index (χ0v) is 9.71. The number of rotatable bonds is 4. The van der Waals surface area contributed by atoms with Crippen molar-refractivity contribution in [2.75, 3.05) is 0 Å². The van der Waals surface area contributed by atoms with E-state index >= 15 is 0 Å². The highest BCUT2D eigenvalue weighted by molar-refractivity contribution is 5.13. The largest absolute Gasteiger partial charge is 0.482 e. The van der Waals surface area contributed by atoms with Crippen LogP contribution >= 0.6 is 0 Å². The van der Waals surface area contributed by atoms with Gasteiger partial charge in [-0.1, -0.05) is 12.8 Å². The monoisotopic (exact) mass is 232 g/mol. The molecule has 0 saturated heterocycles. The van der Waals surface area contributed by atoms with Crippen LogP contribution in [0.15, 0.2) is 35.2 Å². The van der Waals surface area contributed by atoms with Crippen molar-refractivity contribution >= 4 is 0 Å². The first-order chi connectivity index (χ1) is 8.42. The predicted molar refractivity (Wildman–Crippen MR) is 62.8 cm³/mol. The van der Waals surface area contributed by atoms with Crippen molar-refractivity contribution in [1.82, 2.24) is 9.78 Å². The third-order valence-electron chi connectivity index (χ3n) is 3.24. The zero-order chi connectivity index (χ0) is 11.5. The van der Waals surface area contributed by atoms with Gasteiger partial charge in [-0.15, -0.1) is 0 Å². The lowest BCUT2D eigenvalue weighted by Crippen LogP contribution is -2.04. The molecule has 0 spiro atoms. The van der Waals surface area contributed by atoms with Crippen LogP contribution in [-0.2, 0) is 6.61 Å². The van der Waals surface area contributed by atoms with Crippen molar-refractivity contribution in [3.8, 4) is 5.75 Å². The summed E-state index contributed by atoms with van der Waals surface area (Å²) in [5.74, 6) is 1.65. The molecule has 0 N–H and O–H groups in total. The standard InChI is InChI=1S/C13H16N2O2/c1-2-5-11(4-1)15-9-13(8-14-15)17-10-12-6-3-7-16-12/h3,6-9,11H,1-2,4-5,10H2. The zero-order valence-electron chi connectivity index (χ0n) is 9.71. The van der Waals surface area contributed by atoms with Crippen molar-refractivity contribution in [1.29, 1.82) is 0 Å². The SMILES string of the molecule is c1coc(COc2cnn(C3CCCC3)c2)c1. The molecule has 1 aliphatic rings. The molecule has 0 atom stereocenters. The minimum absolute atomic E-state index is 0.462. The van der Waals surface area contributed by atoms with Crippen LogP contribution in [0.1, 0.15) is 37.5 Å². The van der Waals surface area contributed by atoms with E-state index in [4.69, 9.17) is 9.15 Å². The lowest BCUT2D eigenvalue weighted by atomic mass is 10.3. The quantitative estimate of drug-likeness (QED) is 0.812. The molecule has 4 heteroatoms. The Hall–Kier alpha value is -1.71. The minimum atomic E-state index is 0.462. The maximum absolute atomic E-state index is 5.61. The molecular formula is C13H16N2O2. The third kappa shape index (κ3) is 2.35. The first-order valence-corrected chi connectivity index (χ1v) is 6.11. The van der Waals surface area contributed by atoms with Crippen LogP contribution in [0.2, 0.25) is 0 Å². The molecule has 2 heterocycles. The Balaban J connectivity index is 1.60. The van der Waals surface area contributed by atoms with E-state index in [-0.39, 0.29) is 0 Å². The van der Waals surface area contributed by atoms with Crippen molar-refractivity contribution in [3.63, 3.8) is 0 Å². The molecule has 1 aliphatic carbocycles. The lowest BCUT2D eigenvalue weighted by molar-refractivity contribution is 0.269. The normalized spacial score (nSPS) is 16.5. The molecule has 17 heavy (non-hydrogen) atoms. The molecule has 2 aromatic rings. The number of nitrogens with zero attached hydrogens (tertiary/aromatic N) is 2. The number of furan rings is 1. The van der Waals surface area contributed by atoms with Gasteiger partial charge >= 0.3 is 0 Å². The van der Waals surface area contributed by atoms with Gasteiger partial charge in [0, 0.05) is 0 Å². The Morgan fingerprint density at radius 1 is 1.41 bits per heavy atom. The third-order valence-corrected chi connectivity index (χ3v) is 3.24. The number of hydrogen-bond acceptors (Lipinski definition) is 3. The van der Waals surface area contributed by atoms with Crippen LogP contribution < -0.4 is 4.74 Å². The second kappa shape index (κ2) is 4.65. The van der Waals surface area contributed by atoms with E-state index < -0.39 is 0 Å². The molecule has 0 radical (unpaired) electrons. The number of hydrogen-bond donors (Lipinski definition) is 0. The molecule has 2 aromatic heterocycles. The van der Waals surface area contributed by atoms with Crippen LogP contribution in [0, 0.1) is 0 Å². The number of ether oxygens (including phenoxy) is 1. The Morgan fingerprint density at radius 3 is 3.06 bits per heavy atom. The lowest BCUT2D eigenvalue weighted by Gasteiger charge is -2.08. The Bertz CT molecular complexity index is 455. The molecule has 3 rings (SSSR count). The number of aromatic nitrogens is 2. The van der Waals surface area contributed by atoms with Crippen LogP contribution in [0.25, 0.3) is 0 Å². The van der Waals surface area contributed by atoms with Gasteiger partial charge in [-0.2, -0.15) is 5.10 Å². The van der Waals surface area contributed by atoms with Gasteiger partial charge in [0.25, 0.3) is 0 Å². The van der Waals surface area contributed by atoms with Crippen molar-refractivity contribution in [2.24, 2.45) is 0 Å². The van der Waals surface area contributed by atoms with Gasteiger partial charge < -0.3 is 9.15 Å². The average Bonchev–Trinajstić information content (AvgIpc) is 3.09. The van der Waals surface area contributed by atoms with Gasteiger partial charge in [0.1, 0.15) is 12.4 Å². The van der Waals surface area contributed by atoms with E-state index in [9.17, 15) is 0 Å². The van der Waals surface area contributed by atoms with Gasteiger partial charge in [-0.25, -0.2) is 0 Å². The van der Waals surface area contributed by atoms with E-state index in [2.05, 4.69) is 5.10 Å². The van der Waals surface area contributed by atoms with Crippen molar-refractivity contribution in [3.05, 3.63) is 36.5 Å². The topological polar surface area (TPSA) is 40.2 Å². The summed E-state index contributed by atoms with van der Waals surface area (Å²) in [4.78, 5) is 0. The van der Waals surface area contributed by atoms with E-state index in [1.54, 1.807) is 12.5 Å². The first-order valence-electron chi connectivity index (χ1n) is 6.11. The Labute approximate surface area is 100 Å². The molecule has 0 aromatic carbocycles. The molecular weight excluding hydrogens is 216 g/mol. The molecule has 0 bridgehead atoms. The maximum atomic E-state index is 5.61. The molecule has 0 unspecified atom stereocenters. The average molecular weight is 232 g/mol. The van der Waals surface area contributed by atoms with E-state index in [0.717, 1.165) is 11.5 Å². The second-order valence-corrected chi connectivity index (χ2v) is 4.46. The summed E-state index contributed by atoms with van der Waals surface area (Å²) in [5, 5.41) is 4.36. The molecule has 0 amide bonds. The fraction of sp³-hybridized carbons (Fsp3) is 0.462. The van der Waals surface area contributed by atoms with Gasteiger partial charge in [-0.3, -0.25) is 4.68 Å². The fourth-order valence-corrected chi connectivity index (χ4v) is 2.31. The Morgan fingerprint density at radius 2 is 2.29 bits per heavy atom. The van der Waals surface area contributed by atoms with Crippen molar-refractivity contribution in [2.45, 2.75) is 38.3 Å². The summed E-state index contributed by atoms with van der Waals surface area (Å²) >= 11 is 0. The summed E-state index contributed by atoms with van der Waals surface area (Å²) in [6.07, 6.45) is 10.5. The van der Waals surface area contributed by atoms with Crippen LogP contribution in [0.4, 0.5) is 0 Å². The van der Waals surface area contributed by atoms with E-state index in [0.29, 0.717) is 12.6 Å². The molecule has 1 saturated carbocycles.